The maximum atomic E-state index is 12.3. The fourth-order valence-corrected chi connectivity index (χ4v) is 3.16. The topological polar surface area (TPSA) is 70.7 Å². The van der Waals surface area contributed by atoms with Gasteiger partial charge in [-0.05, 0) is 16.7 Å². The Morgan fingerprint density at radius 2 is 2.17 bits per heavy atom. The molecule has 0 radical (unpaired) electrons. The Balaban J connectivity index is 0.00000208. The molecule has 3 rings (SSSR count). The second-order valence-corrected chi connectivity index (χ2v) is 6.16. The summed E-state index contributed by atoms with van der Waals surface area (Å²) in [5.74, 6) is -0.266. The molecule has 2 aliphatic rings. The number of benzene rings is 1. The summed E-state index contributed by atoms with van der Waals surface area (Å²) in [6, 6.07) is 6.31. The summed E-state index contributed by atoms with van der Waals surface area (Å²) in [6.45, 7) is 3.86. The van der Waals surface area contributed by atoms with Gasteiger partial charge in [0.1, 0.15) is 0 Å². The first-order chi connectivity index (χ1) is 11.2. The summed E-state index contributed by atoms with van der Waals surface area (Å²) >= 11 is 0. The largest absolute Gasteiger partial charge is 0.383 e. The fraction of sp³-hybridized carbons (Fsp3) is 0.529. The van der Waals surface area contributed by atoms with Crippen molar-refractivity contribution in [3.05, 3.63) is 34.9 Å². The molecule has 2 amide bonds. The molecule has 7 heteroatoms. The molecule has 1 atom stereocenters. The van der Waals surface area contributed by atoms with Crippen LogP contribution in [-0.4, -0.2) is 43.5 Å². The van der Waals surface area contributed by atoms with Crippen LogP contribution in [0.3, 0.4) is 0 Å². The van der Waals surface area contributed by atoms with Gasteiger partial charge in [-0.2, -0.15) is 0 Å². The average molecular weight is 354 g/mol. The van der Waals surface area contributed by atoms with Crippen molar-refractivity contribution >= 4 is 24.2 Å². The van der Waals surface area contributed by atoms with Crippen LogP contribution in [0.1, 0.15) is 23.1 Å². The third-order valence-corrected chi connectivity index (χ3v) is 4.52. The molecular formula is C17H24ClN3O3. The van der Waals surface area contributed by atoms with Crippen molar-refractivity contribution in [1.82, 2.24) is 15.5 Å². The van der Waals surface area contributed by atoms with Crippen molar-refractivity contribution in [3.8, 4) is 0 Å². The van der Waals surface area contributed by atoms with Crippen molar-refractivity contribution in [1.29, 1.82) is 0 Å². The summed E-state index contributed by atoms with van der Waals surface area (Å²) in [7, 11) is 1.61. The van der Waals surface area contributed by atoms with E-state index in [1.165, 1.54) is 11.1 Å². The number of amides is 2. The van der Waals surface area contributed by atoms with E-state index in [1.54, 1.807) is 12.0 Å². The molecule has 1 saturated heterocycles. The first-order valence-corrected chi connectivity index (χ1v) is 8.03. The number of methoxy groups -OCH3 is 1. The summed E-state index contributed by atoms with van der Waals surface area (Å²) in [4.78, 5) is 25.9. The van der Waals surface area contributed by atoms with Crippen LogP contribution in [0.25, 0.3) is 0 Å². The molecule has 0 bridgehead atoms. The van der Waals surface area contributed by atoms with Gasteiger partial charge in [-0.15, -0.1) is 12.4 Å². The standard InChI is InChI=1S/C17H23N3O3.ClH/c1-23-5-4-20-11-15(7-16(20)21)17(22)19-8-12-2-3-13-9-18-10-14(13)6-12;/h2-3,6,15,18H,4-5,7-11H2,1H3,(H,19,22);1H. The highest BCUT2D eigenvalue weighted by Crippen LogP contribution is 2.19. The smallest absolute Gasteiger partial charge is 0.225 e. The Morgan fingerprint density at radius 1 is 1.38 bits per heavy atom. The molecule has 2 aliphatic heterocycles. The molecule has 2 heterocycles. The van der Waals surface area contributed by atoms with Crippen LogP contribution < -0.4 is 10.6 Å². The quantitative estimate of drug-likeness (QED) is 0.794. The number of halogens is 1. The lowest BCUT2D eigenvalue weighted by Gasteiger charge is -2.16. The van der Waals surface area contributed by atoms with E-state index in [-0.39, 0.29) is 30.1 Å². The zero-order valence-corrected chi connectivity index (χ0v) is 14.7. The molecular weight excluding hydrogens is 330 g/mol. The van der Waals surface area contributed by atoms with E-state index < -0.39 is 0 Å². The Kier molecular flexibility index (Phi) is 6.60. The van der Waals surface area contributed by atoms with Crippen LogP contribution in [0.4, 0.5) is 0 Å². The molecule has 1 aromatic carbocycles. The van der Waals surface area contributed by atoms with Crippen LogP contribution in [-0.2, 0) is 34.0 Å². The first kappa shape index (κ1) is 18.7. The number of hydrogen-bond acceptors (Lipinski definition) is 4. The number of likely N-dealkylation sites (tertiary alicyclic amines) is 1. The van der Waals surface area contributed by atoms with Crippen LogP contribution in [0, 0.1) is 5.92 Å². The highest BCUT2D eigenvalue weighted by Gasteiger charge is 2.33. The van der Waals surface area contributed by atoms with Gasteiger partial charge in [-0.1, -0.05) is 18.2 Å². The molecule has 6 nitrogen and oxygen atoms in total. The van der Waals surface area contributed by atoms with Crippen molar-refractivity contribution < 1.29 is 14.3 Å². The molecule has 2 N–H and O–H groups in total. The van der Waals surface area contributed by atoms with Crippen molar-refractivity contribution in [2.24, 2.45) is 5.92 Å². The lowest BCUT2D eigenvalue weighted by atomic mass is 10.1. The second-order valence-electron chi connectivity index (χ2n) is 6.16. The Hall–Kier alpha value is -1.63. The highest BCUT2D eigenvalue weighted by molar-refractivity contribution is 5.89. The third kappa shape index (κ3) is 4.26. The zero-order chi connectivity index (χ0) is 16.2. The maximum Gasteiger partial charge on any atom is 0.225 e. The molecule has 1 aromatic rings. The molecule has 0 aliphatic carbocycles. The number of carbonyl (C=O) groups excluding carboxylic acids is 2. The number of fused-ring (bicyclic) bond motifs is 1. The lowest BCUT2D eigenvalue weighted by molar-refractivity contribution is -0.129. The first-order valence-electron chi connectivity index (χ1n) is 8.03. The zero-order valence-electron chi connectivity index (χ0n) is 13.8. The summed E-state index contributed by atoms with van der Waals surface area (Å²) in [6.07, 6.45) is 0.295. The summed E-state index contributed by atoms with van der Waals surface area (Å²) in [5, 5.41) is 6.27. The van der Waals surface area contributed by atoms with E-state index >= 15 is 0 Å². The predicted molar refractivity (Wildman–Crippen MR) is 92.6 cm³/mol. The molecule has 24 heavy (non-hydrogen) atoms. The monoisotopic (exact) mass is 353 g/mol. The van der Waals surface area contributed by atoms with Gasteiger partial charge in [-0.25, -0.2) is 0 Å². The van der Waals surface area contributed by atoms with Crippen LogP contribution in [0.2, 0.25) is 0 Å². The number of rotatable bonds is 6. The van der Waals surface area contributed by atoms with Crippen LogP contribution in [0.15, 0.2) is 18.2 Å². The number of hydrogen-bond donors (Lipinski definition) is 2. The average Bonchev–Trinajstić information content (AvgIpc) is 3.16. The summed E-state index contributed by atoms with van der Waals surface area (Å²) < 4.78 is 4.99. The Bertz CT molecular complexity index is 609. The van der Waals surface area contributed by atoms with Gasteiger partial charge >= 0.3 is 0 Å². The maximum absolute atomic E-state index is 12.3. The van der Waals surface area contributed by atoms with Crippen molar-refractivity contribution in [2.45, 2.75) is 26.1 Å². The number of nitrogens with one attached hydrogen (secondary N) is 2. The minimum absolute atomic E-state index is 0. The van der Waals surface area contributed by atoms with Gasteiger partial charge < -0.3 is 20.3 Å². The number of ether oxygens (including phenoxy) is 1. The lowest BCUT2D eigenvalue weighted by Crippen LogP contribution is -2.33. The molecule has 0 spiro atoms. The highest BCUT2D eigenvalue weighted by atomic mass is 35.5. The van der Waals surface area contributed by atoms with Crippen LogP contribution in [0.5, 0.6) is 0 Å². The van der Waals surface area contributed by atoms with E-state index in [9.17, 15) is 9.59 Å². The SMILES string of the molecule is COCCN1CC(C(=O)NCc2ccc3c(c2)CNC3)CC1=O.Cl. The van der Waals surface area contributed by atoms with Gasteiger partial charge in [0.25, 0.3) is 0 Å². The number of carbonyl (C=O) groups is 2. The molecule has 0 saturated carbocycles. The Morgan fingerprint density at radius 3 is 2.96 bits per heavy atom. The van der Waals surface area contributed by atoms with Crippen molar-refractivity contribution in [2.75, 3.05) is 26.8 Å². The van der Waals surface area contributed by atoms with Gasteiger partial charge in [-0.3, -0.25) is 9.59 Å². The molecule has 132 valence electrons. The van der Waals surface area contributed by atoms with Gasteiger partial charge in [0, 0.05) is 46.3 Å². The van der Waals surface area contributed by atoms with E-state index in [1.807, 2.05) is 0 Å². The predicted octanol–water partition coefficient (Wildman–Crippen LogP) is 0.823. The van der Waals surface area contributed by atoms with Gasteiger partial charge in [0.15, 0.2) is 0 Å². The molecule has 0 aromatic heterocycles. The van der Waals surface area contributed by atoms with E-state index in [0.717, 1.165) is 18.7 Å². The normalized spacial score (nSPS) is 19.1. The summed E-state index contributed by atoms with van der Waals surface area (Å²) in [5.41, 5.74) is 3.73. The van der Waals surface area contributed by atoms with Gasteiger partial charge in [0.2, 0.25) is 11.8 Å². The van der Waals surface area contributed by atoms with E-state index in [2.05, 4.69) is 28.8 Å². The minimum Gasteiger partial charge on any atom is -0.383 e. The van der Waals surface area contributed by atoms with E-state index in [4.69, 9.17) is 4.74 Å². The minimum atomic E-state index is -0.254. The van der Waals surface area contributed by atoms with E-state index in [0.29, 0.717) is 32.7 Å². The van der Waals surface area contributed by atoms with Crippen molar-refractivity contribution in [3.63, 3.8) is 0 Å². The molecule has 1 fully saturated rings. The van der Waals surface area contributed by atoms with Crippen LogP contribution >= 0.6 is 12.4 Å². The van der Waals surface area contributed by atoms with Gasteiger partial charge in [0.05, 0.1) is 12.5 Å². The third-order valence-electron chi connectivity index (χ3n) is 4.52. The number of nitrogens with zero attached hydrogens (tertiary/aromatic N) is 1. The Labute approximate surface area is 148 Å². The second kappa shape index (κ2) is 8.46. The fourth-order valence-electron chi connectivity index (χ4n) is 3.16. The molecule has 1 unspecified atom stereocenters.